The molecule has 1 aliphatic rings. The zero-order valence-corrected chi connectivity index (χ0v) is 13.7. The minimum atomic E-state index is -0.485. The van der Waals surface area contributed by atoms with Crippen LogP contribution in [0.1, 0.15) is 32.8 Å². The maximum atomic E-state index is 12.0. The Morgan fingerprint density at radius 2 is 2.04 bits per heavy atom. The Labute approximate surface area is 135 Å². The van der Waals surface area contributed by atoms with Gasteiger partial charge in [0.25, 0.3) is 5.69 Å². The van der Waals surface area contributed by atoms with E-state index < -0.39 is 10.5 Å². The van der Waals surface area contributed by atoms with Crippen molar-refractivity contribution in [2.24, 2.45) is 0 Å². The number of non-ortho nitro benzene ring substituents is 1. The van der Waals surface area contributed by atoms with Crippen molar-refractivity contribution < 1.29 is 14.5 Å². The summed E-state index contributed by atoms with van der Waals surface area (Å²) >= 11 is 0. The molecule has 0 saturated carbocycles. The van der Waals surface area contributed by atoms with Gasteiger partial charge in [0, 0.05) is 37.8 Å². The van der Waals surface area contributed by atoms with Crippen LogP contribution >= 0.6 is 0 Å². The van der Waals surface area contributed by atoms with Crippen LogP contribution in [-0.2, 0) is 11.3 Å². The monoisotopic (exact) mass is 321 g/mol. The third-order valence-electron chi connectivity index (χ3n) is 3.58. The minimum absolute atomic E-state index is 0.0886. The van der Waals surface area contributed by atoms with Crippen molar-refractivity contribution in [3.8, 4) is 0 Å². The van der Waals surface area contributed by atoms with E-state index in [2.05, 4.69) is 5.32 Å². The highest BCUT2D eigenvalue weighted by Crippen LogP contribution is 2.16. The first-order valence-electron chi connectivity index (χ1n) is 7.69. The van der Waals surface area contributed by atoms with Crippen LogP contribution in [-0.4, -0.2) is 40.6 Å². The second-order valence-corrected chi connectivity index (χ2v) is 6.72. The van der Waals surface area contributed by atoms with Gasteiger partial charge in [-0.1, -0.05) is 12.1 Å². The van der Waals surface area contributed by atoms with Crippen LogP contribution in [0.15, 0.2) is 24.3 Å². The molecule has 7 heteroatoms. The molecule has 0 aliphatic carbocycles. The molecule has 1 saturated heterocycles. The van der Waals surface area contributed by atoms with Gasteiger partial charge in [0.2, 0.25) is 0 Å². The van der Waals surface area contributed by atoms with E-state index in [4.69, 9.17) is 4.74 Å². The van der Waals surface area contributed by atoms with Crippen molar-refractivity contribution in [1.29, 1.82) is 0 Å². The standard InChI is InChI=1S/C16H23N3O4/c1-16(2,3)23-15(20)18-9-8-13(11-18)17-10-12-4-6-14(7-5-12)19(21)22/h4-7,13,17H,8-11H2,1-3H3/t13-/m0/s1. The third-order valence-corrected chi connectivity index (χ3v) is 3.58. The first-order valence-corrected chi connectivity index (χ1v) is 7.69. The molecule has 126 valence electrons. The fourth-order valence-corrected chi connectivity index (χ4v) is 2.42. The van der Waals surface area contributed by atoms with Crippen LogP contribution in [0.25, 0.3) is 0 Å². The number of hydrogen-bond donors (Lipinski definition) is 1. The van der Waals surface area contributed by atoms with Crippen LogP contribution in [0.3, 0.4) is 0 Å². The predicted octanol–water partition coefficient (Wildman–Crippen LogP) is 2.69. The van der Waals surface area contributed by atoms with Crippen LogP contribution < -0.4 is 5.32 Å². The fourth-order valence-electron chi connectivity index (χ4n) is 2.42. The molecule has 0 bridgehead atoms. The summed E-state index contributed by atoms with van der Waals surface area (Å²) in [5.74, 6) is 0. The topological polar surface area (TPSA) is 84.7 Å². The first-order chi connectivity index (χ1) is 10.7. The molecule has 1 atom stereocenters. The molecule has 23 heavy (non-hydrogen) atoms. The number of hydrogen-bond acceptors (Lipinski definition) is 5. The highest BCUT2D eigenvalue weighted by atomic mass is 16.6. The Bertz CT molecular complexity index is 566. The van der Waals surface area contributed by atoms with Gasteiger partial charge in [-0.15, -0.1) is 0 Å². The summed E-state index contributed by atoms with van der Waals surface area (Å²) in [6.45, 7) is 7.46. The molecular weight excluding hydrogens is 298 g/mol. The molecule has 2 rings (SSSR count). The highest BCUT2D eigenvalue weighted by Gasteiger charge is 2.29. The van der Waals surface area contributed by atoms with Gasteiger partial charge in [-0.3, -0.25) is 10.1 Å². The molecule has 0 aromatic heterocycles. The van der Waals surface area contributed by atoms with Gasteiger partial charge in [-0.05, 0) is 32.8 Å². The number of nitro benzene ring substituents is 1. The summed E-state index contributed by atoms with van der Waals surface area (Å²) in [5.41, 5.74) is 0.582. The summed E-state index contributed by atoms with van der Waals surface area (Å²) < 4.78 is 5.36. The van der Waals surface area contributed by atoms with E-state index >= 15 is 0 Å². The Balaban J connectivity index is 1.79. The van der Waals surface area contributed by atoms with Crippen molar-refractivity contribution in [3.63, 3.8) is 0 Å². The van der Waals surface area contributed by atoms with Crippen LogP contribution in [0.2, 0.25) is 0 Å². The molecule has 1 aliphatic heterocycles. The summed E-state index contributed by atoms with van der Waals surface area (Å²) in [7, 11) is 0. The molecule has 1 heterocycles. The van der Waals surface area contributed by atoms with Crippen molar-refractivity contribution >= 4 is 11.8 Å². The quantitative estimate of drug-likeness (QED) is 0.681. The lowest BCUT2D eigenvalue weighted by Gasteiger charge is -2.24. The Hall–Kier alpha value is -2.15. The number of nitro groups is 1. The molecule has 0 radical (unpaired) electrons. The smallest absolute Gasteiger partial charge is 0.410 e. The van der Waals surface area contributed by atoms with Gasteiger partial charge in [-0.25, -0.2) is 4.79 Å². The molecule has 7 nitrogen and oxygen atoms in total. The van der Waals surface area contributed by atoms with E-state index in [9.17, 15) is 14.9 Å². The van der Waals surface area contributed by atoms with Gasteiger partial charge in [-0.2, -0.15) is 0 Å². The molecular formula is C16H23N3O4. The number of amides is 1. The van der Waals surface area contributed by atoms with Gasteiger partial charge in [0.15, 0.2) is 0 Å². The summed E-state index contributed by atoms with van der Waals surface area (Å²) in [4.78, 5) is 23.9. The number of carbonyl (C=O) groups is 1. The number of likely N-dealkylation sites (tertiary alicyclic amines) is 1. The number of rotatable bonds is 4. The van der Waals surface area contributed by atoms with Crippen molar-refractivity contribution in [1.82, 2.24) is 10.2 Å². The summed E-state index contributed by atoms with van der Waals surface area (Å²) in [5, 5.41) is 14.0. The van der Waals surface area contributed by atoms with E-state index in [-0.39, 0.29) is 17.8 Å². The zero-order chi connectivity index (χ0) is 17.0. The highest BCUT2D eigenvalue weighted by molar-refractivity contribution is 5.68. The summed E-state index contributed by atoms with van der Waals surface area (Å²) in [6.07, 6.45) is 0.587. The number of benzene rings is 1. The third kappa shape index (κ3) is 5.21. The lowest BCUT2D eigenvalue weighted by Crippen LogP contribution is -2.38. The Morgan fingerprint density at radius 1 is 1.39 bits per heavy atom. The molecule has 0 unspecified atom stereocenters. The van der Waals surface area contributed by atoms with Crippen LogP contribution in [0.4, 0.5) is 10.5 Å². The van der Waals surface area contributed by atoms with Gasteiger partial charge >= 0.3 is 6.09 Å². The lowest BCUT2D eigenvalue weighted by molar-refractivity contribution is -0.384. The Morgan fingerprint density at radius 3 is 2.61 bits per heavy atom. The number of carbonyl (C=O) groups excluding carboxylic acids is 1. The van der Waals surface area contributed by atoms with E-state index in [0.29, 0.717) is 19.6 Å². The SMILES string of the molecule is CC(C)(C)OC(=O)N1CC[C@H](NCc2ccc([N+](=O)[O-])cc2)C1. The normalized spacial score (nSPS) is 18.0. The second-order valence-electron chi connectivity index (χ2n) is 6.72. The average molecular weight is 321 g/mol. The van der Waals surface area contributed by atoms with E-state index in [1.54, 1.807) is 17.0 Å². The number of nitrogens with zero attached hydrogens (tertiary/aromatic N) is 2. The average Bonchev–Trinajstić information content (AvgIpc) is 2.93. The molecule has 0 spiro atoms. The molecule has 1 aromatic carbocycles. The van der Waals surface area contributed by atoms with E-state index in [1.807, 2.05) is 20.8 Å². The minimum Gasteiger partial charge on any atom is -0.444 e. The van der Waals surface area contributed by atoms with Gasteiger partial charge in [0.05, 0.1) is 4.92 Å². The second kappa shape index (κ2) is 6.95. The van der Waals surface area contributed by atoms with Crippen LogP contribution in [0.5, 0.6) is 0 Å². The fraction of sp³-hybridized carbons (Fsp3) is 0.562. The molecule has 1 amide bonds. The first kappa shape index (κ1) is 17.2. The summed E-state index contributed by atoms with van der Waals surface area (Å²) in [6, 6.07) is 6.69. The Kier molecular flexibility index (Phi) is 5.20. The predicted molar refractivity (Wildman–Crippen MR) is 86.1 cm³/mol. The van der Waals surface area contributed by atoms with Gasteiger partial charge in [0.1, 0.15) is 5.60 Å². The maximum absolute atomic E-state index is 12.0. The molecule has 1 aromatic rings. The lowest BCUT2D eigenvalue weighted by atomic mass is 10.2. The van der Waals surface area contributed by atoms with Crippen molar-refractivity contribution in [2.75, 3.05) is 13.1 Å². The zero-order valence-electron chi connectivity index (χ0n) is 13.7. The van der Waals surface area contributed by atoms with Crippen molar-refractivity contribution in [2.45, 2.75) is 45.4 Å². The molecule has 1 fully saturated rings. The maximum Gasteiger partial charge on any atom is 0.410 e. The number of ether oxygens (including phenoxy) is 1. The number of nitrogens with one attached hydrogen (secondary N) is 1. The van der Waals surface area contributed by atoms with Gasteiger partial charge < -0.3 is 15.0 Å². The van der Waals surface area contributed by atoms with Crippen LogP contribution in [0, 0.1) is 10.1 Å². The largest absolute Gasteiger partial charge is 0.444 e. The van der Waals surface area contributed by atoms with E-state index in [0.717, 1.165) is 12.0 Å². The van der Waals surface area contributed by atoms with E-state index in [1.165, 1.54) is 12.1 Å². The molecule has 1 N–H and O–H groups in total. The van der Waals surface area contributed by atoms with Crippen molar-refractivity contribution in [3.05, 3.63) is 39.9 Å².